The van der Waals surface area contributed by atoms with Crippen molar-refractivity contribution in [2.75, 3.05) is 54.4 Å². The smallest absolute Gasteiger partial charge is 0.320 e. The van der Waals surface area contributed by atoms with E-state index in [-0.39, 0.29) is 11.9 Å². The van der Waals surface area contributed by atoms with Crippen LogP contribution in [0.3, 0.4) is 0 Å². The molecule has 32 heavy (non-hydrogen) atoms. The number of rotatable bonds is 6. The fraction of sp³-hybridized carbons (Fsp3) is 0.455. The molecule has 2 N–H and O–H groups in total. The molecule has 0 atom stereocenters. The first kappa shape index (κ1) is 21.9. The number of carbonyl (C=O) groups is 2. The van der Waals surface area contributed by atoms with Crippen LogP contribution < -0.4 is 20.4 Å². The molecule has 0 aliphatic carbocycles. The highest BCUT2D eigenvalue weighted by atomic mass is 19.1. The molecule has 4 heterocycles. The summed E-state index contributed by atoms with van der Waals surface area (Å²) in [6.45, 7) is 6.61. The van der Waals surface area contributed by atoms with Crippen molar-refractivity contribution in [1.29, 1.82) is 0 Å². The van der Waals surface area contributed by atoms with E-state index < -0.39 is 5.95 Å². The fourth-order valence-corrected chi connectivity index (χ4v) is 4.06. The van der Waals surface area contributed by atoms with Crippen LogP contribution in [0.25, 0.3) is 0 Å². The molecular formula is C22H28FN7O2. The Balaban J connectivity index is 1.33. The van der Waals surface area contributed by atoms with E-state index in [1.165, 1.54) is 0 Å². The van der Waals surface area contributed by atoms with Crippen LogP contribution in [-0.4, -0.2) is 66.1 Å². The van der Waals surface area contributed by atoms with Gasteiger partial charge < -0.3 is 10.2 Å². The van der Waals surface area contributed by atoms with Crippen molar-refractivity contribution >= 4 is 29.3 Å². The first-order chi connectivity index (χ1) is 15.5. The van der Waals surface area contributed by atoms with Crippen molar-refractivity contribution in [2.24, 2.45) is 0 Å². The largest absolute Gasteiger partial charge is 0.365 e. The van der Waals surface area contributed by atoms with Crippen LogP contribution in [0, 0.1) is 5.95 Å². The highest BCUT2D eigenvalue weighted by molar-refractivity contribution is 5.94. The lowest BCUT2D eigenvalue weighted by Crippen LogP contribution is -2.46. The Morgan fingerprint density at radius 3 is 2.66 bits per heavy atom. The normalized spacial score (nSPS) is 17.0. The summed E-state index contributed by atoms with van der Waals surface area (Å²) in [5.74, 6) is 0.364. The van der Waals surface area contributed by atoms with Gasteiger partial charge >= 0.3 is 6.03 Å². The van der Waals surface area contributed by atoms with E-state index >= 15 is 0 Å². The second-order valence-electron chi connectivity index (χ2n) is 7.93. The highest BCUT2D eigenvalue weighted by Crippen LogP contribution is 2.25. The van der Waals surface area contributed by atoms with Gasteiger partial charge in [0.15, 0.2) is 0 Å². The van der Waals surface area contributed by atoms with Gasteiger partial charge in [0, 0.05) is 58.4 Å². The Morgan fingerprint density at radius 2 is 1.97 bits per heavy atom. The average molecular weight is 442 g/mol. The fourth-order valence-electron chi connectivity index (χ4n) is 4.06. The van der Waals surface area contributed by atoms with Gasteiger partial charge in [-0.2, -0.15) is 4.39 Å². The zero-order valence-electron chi connectivity index (χ0n) is 18.2. The molecule has 2 aromatic rings. The van der Waals surface area contributed by atoms with Crippen LogP contribution in [0.15, 0.2) is 30.5 Å². The zero-order valence-corrected chi connectivity index (χ0v) is 18.2. The Kier molecular flexibility index (Phi) is 6.79. The number of nitrogens with zero attached hydrogens (tertiary/aromatic N) is 5. The van der Waals surface area contributed by atoms with Crippen LogP contribution in [0.1, 0.15) is 25.3 Å². The summed E-state index contributed by atoms with van der Waals surface area (Å²) in [4.78, 5) is 37.6. The molecule has 2 saturated heterocycles. The van der Waals surface area contributed by atoms with Crippen LogP contribution >= 0.6 is 0 Å². The first-order valence-electron chi connectivity index (χ1n) is 11.0. The van der Waals surface area contributed by atoms with E-state index in [9.17, 15) is 14.0 Å². The van der Waals surface area contributed by atoms with Crippen molar-refractivity contribution < 1.29 is 14.0 Å². The number of nitrogens with one attached hydrogen (secondary N) is 2. The van der Waals surface area contributed by atoms with E-state index in [1.54, 1.807) is 23.2 Å². The van der Waals surface area contributed by atoms with Crippen LogP contribution in [0.4, 0.5) is 26.5 Å². The van der Waals surface area contributed by atoms with Crippen LogP contribution in [0.2, 0.25) is 0 Å². The topological polar surface area (TPSA) is 93.7 Å². The number of halogens is 1. The van der Waals surface area contributed by atoms with Gasteiger partial charge in [-0.1, -0.05) is 0 Å². The lowest BCUT2D eigenvalue weighted by Gasteiger charge is -2.36. The minimum Gasteiger partial charge on any atom is -0.365 e. The number of aromatic nitrogens is 2. The summed E-state index contributed by atoms with van der Waals surface area (Å²) in [5, 5.41) is 5.40. The molecule has 0 radical (unpaired) electrons. The minimum atomic E-state index is -0.536. The summed E-state index contributed by atoms with van der Waals surface area (Å²) < 4.78 is 14.7. The summed E-state index contributed by atoms with van der Waals surface area (Å²) in [6.07, 6.45) is 2.96. The van der Waals surface area contributed by atoms with Crippen LogP contribution in [0.5, 0.6) is 0 Å². The van der Waals surface area contributed by atoms with Gasteiger partial charge in [0.2, 0.25) is 11.9 Å². The lowest BCUT2D eigenvalue weighted by atomic mass is 10.2. The molecule has 4 rings (SSSR count). The number of piperazine rings is 1. The monoisotopic (exact) mass is 441 g/mol. The van der Waals surface area contributed by atoms with Crippen molar-refractivity contribution in [3.63, 3.8) is 0 Å². The van der Waals surface area contributed by atoms with Gasteiger partial charge in [-0.15, -0.1) is 0 Å². The molecule has 0 aromatic carbocycles. The molecule has 0 bridgehead atoms. The Labute approximate surface area is 186 Å². The molecule has 2 aliphatic rings. The van der Waals surface area contributed by atoms with E-state index in [2.05, 4.69) is 25.5 Å². The highest BCUT2D eigenvalue weighted by Gasteiger charge is 2.25. The maximum Gasteiger partial charge on any atom is 0.320 e. The van der Waals surface area contributed by atoms with Crippen molar-refractivity contribution in [2.45, 2.75) is 26.3 Å². The lowest BCUT2D eigenvalue weighted by molar-refractivity contribution is -0.117. The third kappa shape index (κ3) is 5.13. The first-order valence-corrected chi connectivity index (χ1v) is 11.0. The Morgan fingerprint density at radius 1 is 1.16 bits per heavy atom. The summed E-state index contributed by atoms with van der Waals surface area (Å²) in [5.41, 5.74) is 1.52. The zero-order chi connectivity index (χ0) is 22.5. The molecule has 9 nitrogen and oxygen atoms in total. The number of hydrogen-bond acceptors (Lipinski definition) is 6. The predicted octanol–water partition coefficient (Wildman–Crippen LogP) is 2.21. The summed E-state index contributed by atoms with van der Waals surface area (Å²) >= 11 is 0. The summed E-state index contributed by atoms with van der Waals surface area (Å²) in [6, 6.07) is 6.97. The second-order valence-corrected chi connectivity index (χ2v) is 7.93. The van der Waals surface area contributed by atoms with Gasteiger partial charge in [0.1, 0.15) is 11.6 Å². The number of amides is 3. The Bertz CT molecular complexity index is 979. The van der Waals surface area contributed by atoms with E-state index in [4.69, 9.17) is 0 Å². The van der Waals surface area contributed by atoms with Crippen molar-refractivity contribution in [1.82, 2.24) is 20.2 Å². The van der Waals surface area contributed by atoms with Crippen LogP contribution in [-0.2, 0) is 11.3 Å². The number of pyridine rings is 2. The molecule has 170 valence electrons. The van der Waals surface area contributed by atoms with Gasteiger partial charge in [-0.3, -0.25) is 19.9 Å². The quantitative estimate of drug-likeness (QED) is 0.668. The molecule has 2 fully saturated rings. The average Bonchev–Trinajstić information content (AvgIpc) is 3.21. The molecule has 3 amide bonds. The van der Waals surface area contributed by atoms with E-state index in [0.29, 0.717) is 49.9 Å². The SMILES string of the molecule is CCNC(=O)Nc1cc(CN2CCN(c3ccc(N4CCCC4=O)nc3F)CC2)ccn1. The van der Waals surface area contributed by atoms with E-state index in [0.717, 1.165) is 31.6 Å². The van der Waals surface area contributed by atoms with Crippen molar-refractivity contribution in [3.8, 4) is 0 Å². The number of hydrogen-bond donors (Lipinski definition) is 2. The minimum absolute atomic E-state index is 0.00118. The van der Waals surface area contributed by atoms with Crippen molar-refractivity contribution in [3.05, 3.63) is 42.0 Å². The van der Waals surface area contributed by atoms with Gasteiger partial charge in [0.25, 0.3) is 0 Å². The molecule has 0 saturated carbocycles. The molecule has 2 aromatic heterocycles. The maximum atomic E-state index is 14.7. The van der Waals surface area contributed by atoms with E-state index in [1.807, 2.05) is 24.0 Å². The maximum absolute atomic E-state index is 14.7. The Hall–Kier alpha value is -3.27. The molecular weight excluding hydrogens is 413 g/mol. The standard InChI is InChI=1S/C22H28FN7O2/c1-2-24-22(32)26-18-14-16(7-8-25-18)15-28-10-12-29(13-11-28)17-5-6-19(27-21(17)23)30-9-3-4-20(30)31/h5-8,14H,2-4,9-13,15H2,1H3,(H2,24,25,26,32). The molecule has 10 heteroatoms. The second kappa shape index (κ2) is 9.90. The third-order valence-electron chi connectivity index (χ3n) is 5.69. The molecule has 0 spiro atoms. The molecule has 2 aliphatic heterocycles. The predicted molar refractivity (Wildman–Crippen MR) is 120 cm³/mol. The number of carbonyl (C=O) groups excluding carboxylic acids is 2. The van der Waals surface area contributed by atoms with Gasteiger partial charge in [-0.25, -0.2) is 14.8 Å². The van der Waals surface area contributed by atoms with Gasteiger partial charge in [-0.05, 0) is 43.2 Å². The van der Waals surface area contributed by atoms with Gasteiger partial charge in [0.05, 0.1) is 5.69 Å². The number of urea groups is 1. The number of anilines is 3. The summed E-state index contributed by atoms with van der Waals surface area (Å²) in [7, 11) is 0. The molecule has 0 unspecified atom stereocenters. The third-order valence-corrected chi connectivity index (χ3v) is 5.69.